The van der Waals surface area contributed by atoms with E-state index >= 15 is 0 Å². The molecule has 1 saturated heterocycles. The van der Waals surface area contributed by atoms with E-state index in [4.69, 9.17) is 4.74 Å². The molecule has 1 aromatic carbocycles. The molecule has 2 amide bonds. The van der Waals surface area contributed by atoms with Gasteiger partial charge in [-0.15, -0.1) is 0 Å². The summed E-state index contributed by atoms with van der Waals surface area (Å²) in [6.45, 7) is 4.74. The van der Waals surface area contributed by atoms with Gasteiger partial charge in [0.1, 0.15) is 11.5 Å². The SMILES string of the molecule is CCOCC1CCN(C(=O)Nc2cnn(-c3ccccc3F)c2)C1. The highest BCUT2D eigenvalue weighted by molar-refractivity contribution is 5.89. The second-order valence-electron chi connectivity index (χ2n) is 5.82. The predicted molar refractivity (Wildman–Crippen MR) is 88.7 cm³/mol. The Morgan fingerprint density at radius 2 is 2.29 bits per heavy atom. The van der Waals surface area contributed by atoms with E-state index in [1.807, 2.05) is 6.92 Å². The van der Waals surface area contributed by atoms with Crippen LogP contribution in [0.15, 0.2) is 36.7 Å². The highest BCUT2D eigenvalue weighted by atomic mass is 19.1. The third-order valence-corrected chi connectivity index (χ3v) is 4.06. The van der Waals surface area contributed by atoms with Crippen LogP contribution in [-0.2, 0) is 4.74 Å². The zero-order valence-corrected chi connectivity index (χ0v) is 13.6. The van der Waals surface area contributed by atoms with Gasteiger partial charge in [0.15, 0.2) is 0 Å². The highest BCUT2D eigenvalue weighted by Gasteiger charge is 2.26. The third-order valence-electron chi connectivity index (χ3n) is 4.06. The van der Waals surface area contributed by atoms with Crippen LogP contribution in [0.2, 0.25) is 0 Å². The van der Waals surface area contributed by atoms with Gasteiger partial charge in [0.2, 0.25) is 0 Å². The fourth-order valence-electron chi connectivity index (χ4n) is 2.80. The molecule has 6 nitrogen and oxygen atoms in total. The lowest BCUT2D eigenvalue weighted by Gasteiger charge is -2.16. The summed E-state index contributed by atoms with van der Waals surface area (Å²) in [5.74, 6) is 0.0219. The maximum atomic E-state index is 13.8. The van der Waals surface area contributed by atoms with Gasteiger partial charge < -0.3 is 15.0 Å². The number of hydrogen-bond donors (Lipinski definition) is 1. The number of likely N-dealkylation sites (tertiary alicyclic amines) is 1. The van der Waals surface area contributed by atoms with Crippen molar-refractivity contribution in [2.75, 3.05) is 31.6 Å². The molecule has 128 valence electrons. The standard InChI is InChI=1S/C17H21FN4O2/c1-2-24-12-13-7-8-21(10-13)17(23)20-14-9-19-22(11-14)16-6-4-3-5-15(16)18/h3-6,9,11,13H,2,7-8,10,12H2,1H3,(H,20,23). The average molecular weight is 332 g/mol. The predicted octanol–water partition coefficient (Wildman–Crippen LogP) is 2.90. The van der Waals surface area contributed by atoms with Crippen molar-refractivity contribution in [1.29, 1.82) is 0 Å². The Bertz CT molecular complexity index is 703. The number of carbonyl (C=O) groups excluding carboxylic acids is 1. The van der Waals surface area contributed by atoms with Crippen LogP contribution >= 0.6 is 0 Å². The number of ether oxygens (including phenoxy) is 1. The Balaban J connectivity index is 1.59. The van der Waals surface area contributed by atoms with E-state index in [9.17, 15) is 9.18 Å². The van der Waals surface area contributed by atoms with Crippen molar-refractivity contribution >= 4 is 11.7 Å². The van der Waals surface area contributed by atoms with Crippen molar-refractivity contribution in [2.24, 2.45) is 5.92 Å². The van der Waals surface area contributed by atoms with E-state index in [0.29, 0.717) is 43.6 Å². The molecule has 0 aliphatic carbocycles. The van der Waals surface area contributed by atoms with Crippen molar-refractivity contribution in [3.63, 3.8) is 0 Å². The molecule has 0 saturated carbocycles. The van der Waals surface area contributed by atoms with Crippen LogP contribution in [0.25, 0.3) is 5.69 Å². The Hall–Kier alpha value is -2.41. The molecule has 3 rings (SSSR count). The number of halogens is 1. The fourth-order valence-corrected chi connectivity index (χ4v) is 2.80. The number of carbonyl (C=O) groups is 1. The summed E-state index contributed by atoms with van der Waals surface area (Å²) in [6.07, 6.45) is 4.06. The molecular formula is C17H21FN4O2. The number of amides is 2. The molecule has 1 atom stereocenters. The van der Waals surface area contributed by atoms with Crippen LogP contribution in [0.3, 0.4) is 0 Å². The first-order valence-electron chi connectivity index (χ1n) is 8.10. The molecule has 0 bridgehead atoms. The number of urea groups is 1. The normalized spacial score (nSPS) is 17.2. The van der Waals surface area contributed by atoms with E-state index in [2.05, 4.69) is 10.4 Å². The van der Waals surface area contributed by atoms with E-state index in [-0.39, 0.29) is 11.8 Å². The van der Waals surface area contributed by atoms with Gasteiger partial charge in [-0.1, -0.05) is 12.1 Å². The summed E-state index contributed by atoms with van der Waals surface area (Å²) >= 11 is 0. The van der Waals surface area contributed by atoms with Gasteiger partial charge >= 0.3 is 6.03 Å². The topological polar surface area (TPSA) is 59.4 Å². The summed E-state index contributed by atoms with van der Waals surface area (Å²) in [6, 6.07) is 6.20. The van der Waals surface area contributed by atoms with Crippen LogP contribution in [0.4, 0.5) is 14.9 Å². The van der Waals surface area contributed by atoms with Gasteiger partial charge in [0.25, 0.3) is 0 Å². The van der Waals surface area contributed by atoms with Crippen molar-refractivity contribution in [2.45, 2.75) is 13.3 Å². The van der Waals surface area contributed by atoms with Crippen LogP contribution in [-0.4, -0.2) is 47.0 Å². The Kier molecular flexibility index (Phi) is 5.10. The number of rotatable bonds is 5. The molecule has 2 heterocycles. The van der Waals surface area contributed by atoms with Crippen LogP contribution in [0.5, 0.6) is 0 Å². The van der Waals surface area contributed by atoms with Gasteiger partial charge in [-0.3, -0.25) is 0 Å². The first kappa shape index (κ1) is 16.4. The van der Waals surface area contributed by atoms with Gasteiger partial charge in [0.05, 0.1) is 24.7 Å². The maximum absolute atomic E-state index is 13.8. The van der Waals surface area contributed by atoms with E-state index in [1.54, 1.807) is 29.3 Å². The van der Waals surface area contributed by atoms with E-state index in [0.717, 1.165) is 6.42 Å². The first-order valence-corrected chi connectivity index (χ1v) is 8.10. The van der Waals surface area contributed by atoms with Gasteiger partial charge in [-0.2, -0.15) is 5.10 Å². The van der Waals surface area contributed by atoms with Gasteiger partial charge in [0, 0.05) is 25.6 Å². The average Bonchev–Trinajstić information content (AvgIpc) is 3.23. The minimum absolute atomic E-state index is 0.165. The van der Waals surface area contributed by atoms with Crippen molar-refractivity contribution < 1.29 is 13.9 Å². The molecule has 1 N–H and O–H groups in total. The number of anilines is 1. The van der Waals surface area contributed by atoms with Gasteiger partial charge in [-0.05, 0) is 25.5 Å². The molecule has 2 aromatic rings. The second kappa shape index (κ2) is 7.44. The Morgan fingerprint density at radius 3 is 3.08 bits per heavy atom. The summed E-state index contributed by atoms with van der Waals surface area (Å²) in [7, 11) is 0. The summed E-state index contributed by atoms with van der Waals surface area (Å²) < 4.78 is 20.6. The van der Waals surface area contributed by atoms with Crippen LogP contribution in [0.1, 0.15) is 13.3 Å². The molecule has 1 unspecified atom stereocenters. The molecule has 1 aliphatic heterocycles. The number of nitrogens with zero attached hydrogens (tertiary/aromatic N) is 3. The summed E-state index contributed by atoms with van der Waals surface area (Å²) in [5, 5.41) is 6.92. The number of para-hydroxylation sites is 1. The van der Waals surface area contributed by atoms with E-state index < -0.39 is 0 Å². The van der Waals surface area contributed by atoms with E-state index in [1.165, 1.54) is 16.9 Å². The fraction of sp³-hybridized carbons (Fsp3) is 0.412. The minimum atomic E-state index is -0.364. The number of aromatic nitrogens is 2. The lowest BCUT2D eigenvalue weighted by molar-refractivity contribution is 0.113. The first-order chi connectivity index (χ1) is 11.7. The van der Waals surface area contributed by atoms with Crippen LogP contribution in [0, 0.1) is 11.7 Å². The number of nitrogens with one attached hydrogen (secondary N) is 1. The second-order valence-corrected chi connectivity index (χ2v) is 5.82. The largest absolute Gasteiger partial charge is 0.381 e. The molecular weight excluding hydrogens is 311 g/mol. The minimum Gasteiger partial charge on any atom is -0.381 e. The maximum Gasteiger partial charge on any atom is 0.321 e. The Labute approximate surface area is 140 Å². The van der Waals surface area contributed by atoms with Crippen molar-refractivity contribution in [3.05, 3.63) is 42.5 Å². The summed E-state index contributed by atoms with van der Waals surface area (Å²) in [4.78, 5) is 14.1. The zero-order chi connectivity index (χ0) is 16.9. The molecule has 7 heteroatoms. The highest BCUT2D eigenvalue weighted by Crippen LogP contribution is 2.19. The summed E-state index contributed by atoms with van der Waals surface area (Å²) in [5.41, 5.74) is 0.882. The zero-order valence-electron chi connectivity index (χ0n) is 13.6. The lowest BCUT2D eigenvalue weighted by atomic mass is 10.1. The Morgan fingerprint density at radius 1 is 1.46 bits per heavy atom. The number of hydrogen-bond acceptors (Lipinski definition) is 3. The number of benzene rings is 1. The van der Waals surface area contributed by atoms with Gasteiger partial charge in [-0.25, -0.2) is 13.9 Å². The molecule has 0 spiro atoms. The van der Waals surface area contributed by atoms with Crippen LogP contribution < -0.4 is 5.32 Å². The molecule has 1 aliphatic rings. The monoisotopic (exact) mass is 332 g/mol. The lowest BCUT2D eigenvalue weighted by Crippen LogP contribution is -2.33. The smallest absolute Gasteiger partial charge is 0.321 e. The van der Waals surface area contributed by atoms with Crippen molar-refractivity contribution in [3.8, 4) is 5.69 Å². The molecule has 1 fully saturated rings. The molecule has 0 radical (unpaired) electrons. The molecule has 1 aromatic heterocycles. The van der Waals surface area contributed by atoms with Crippen molar-refractivity contribution in [1.82, 2.24) is 14.7 Å². The third kappa shape index (κ3) is 3.73. The molecule has 24 heavy (non-hydrogen) atoms. The quantitative estimate of drug-likeness (QED) is 0.916.